The largest absolute Gasteiger partial charge is 0.465 e. The molecule has 0 fully saturated rings. The number of rotatable bonds is 3. The van der Waals surface area contributed by atoms with E-state index in [-0.39, 0.29) is 18.3 Å². The Labute approximate surface area is 117 Å². The van der Waals surface area contributed by atoms with Crippen molar-refractivity contribution in [2.24, 2.45) is 0 Å². The van der Waals surface area contributed by atoms with Gasteiger partial charge in [-0.15, -0.1) is 0 Å². The van der Waals surface area contributed by atoms with Gasteiger partial charge in [-0.1, -0.05) is 18.2 Å². The van der Waals surface area contributed by atoms with Crippen LogP contribution in [-0.2, 0) is 22.5 Å². The van der Waals surface area contributed by atoms with E-state index in [9.17, 15) is 9.59 Å². The number of para-hydroxylation sites is 1. The summed E-state index contributed by atoms with van der Waals surface area (Å²) in [4.78, 5) is 24.0. The summed E-state index contributed by atoms with van der Waals surface area (Å²) in [6.45, 7) is 2.25. The number of benzene rings is 1. The molecule has 0 radical (unpaired) electrons. The second-order valence-electron chi connectivity index (χ2n) is 5.01. The summed E-state index contributed by atoms with van der Waals surface area (Å²) in [5.41, 5.74) is 2.73. The van der Waals surface area contributed by atoms with Gasteiger partial charge in [-0.05, 0) is 31.4 Å². The first-order valence-corrected chi connectivity index (χ1v) is 7.01. The van der Waals surface area contributed by atoms with Crippen LogP contribution in [0.3, 0.4) is 0 Å². The summed E-state index contributed by atoms with van der Waals surface area (Å²) < 4.78 is 6.84. The fourth-order valence-corrected chi connectivity index (χ4v) is 2.99. The Morgan fingerprint density at radius 1 is 1.30 bits per heavy atom. The van der Waals surface area contributed by atoms with Crippen LogP contribution in [0.5, 0.6) is 0 Å². The molecule has 0 atom stereocenters. The second-order valence-corrected chi connectivity index (χ2v) is 5.01. The molecule has 0 amide bonds. The number of fused-ring (bicyclic) bond motifs is 3. The van der Waals surface area contributed by atoms with Gasteiger partial charge >= 0.3 is 5.97 Å². The topological polar surface area (TPSA) is 48.3 Å². The predicted octanol–water partition coefficient (Wildman–Crippen LogP) is 2.72. The van der Waals surface area contributed by atoms with Gasteiger partial charge in [0, 0.05) is 17.3 Å². The van der Waals surface area contributed by atoms with Gasteiger partial charge in [0.15, 0.2) is 5.78 Å². The Morgan fingerprint density at radius 3 is 2.90 bits per heavy atom. The molecular formula is C16H17NO3. The van der Waals surface area contributed by atoms with Crippen LogP contribution in [0.25, 0.3) is 10.9 Å². The van der Waals surface area contributed by atoms with Crippen molar-refractivity contribution in [3.8, 4) is 0 Å². The van der Waals surface area contributed by atoms with Crippen molar-refractivity contribution >= 4 is 22.7 Å². The molecular weight excluding hydrogens is 254 g/mol. The van der Waals surface area contributed by atoms with Gasteiger partial charge in [-0.3, -0.25) is 9.59 Å². The molecule has 0 bridgehead atoms. The number of esters is 1. The lowest BCUT2D eigenvalue weighted by molar-refractivity contribution is -0.143. The highest BCUT2D eigenvalue weighted by Gasteiger charge is 2.26. The van der Waals surface area contributed by atoms with E-state index in [1.54, 1.807) is 6.92 Å². The third-order valence-electron chi connectivity index (χ3n) is 3.76. The van der Waals surface area contributed by atoms with Crippen LogP contribution in [0.4, 0.5) is 0 Å². The maximum atomic E-state index is 12.2. The molecule has 0 N–H and O–H groups in total. The van der Waals surface area contributed by atoms with Crippen molar-refractivity contribution < 1.29 is 14.3 Å². The van der Waals surface area contributed by atoms with E-state index in [1.807, 2.05) is 28.8 Å². The molecule has 1 aromatic heterocycles. The van der Waals surface area contributed by atoms with E-state index in [2.05, 4.69) is 0 Å². The summed E-state index contributed by atoms with van der Waals surface area (Å²) in [5.74, 6) is -0.166. The third-order valence-corrected chi connectivity index (χ3v) is 3.76. The molecule has 1 aliphatic rings. The summed E-state index contributed by atoms with van der Waals surface area (Å²) in [6.07, 6.45) is 2.35. The maximum Gasteiger partial charge on any atom is 0.325 e. The summed E-state index contributed by atoms with van der Waals surface area (Å²) in [5, 5.41) is 1.08. The number of ketones is 1. The molecule has 1 aliphatic carbocycles. The Balaban J connectivity index is 2.16. The Bertz CT molecular complexity index is 684. The smallest absolute Gasteiger partial charge is 0.325 e. The van der Waals surface area contributed by atoms with Crippen molar-refractivity contribution in [1.29, 1.82) is 0 Å². The number of nitrogens with zero attached hydrogens (tertiary/aromatic N) is 1. The van der Waals surface area contributed by atoms with Crippen molar-refractivity contribution in [3.63, 3.8) is 0 Å². The van der Waals surface area contributed by atoms with E-state index < -0.39 is 0 Å². The van der Waals surface area contributed by atoms with Crippen molar-refractivity contribution in [1.82, 2.24) is 4.57 Å². The quantitative estimate of drug-likeness (QED) is 0.806. The molecule has 0 saturated carbocycles. The minimum Gasteiger partial charge on any atom is -0.465 e. The van der Waals surface area contributed by atoms with Gasteiger partial charge in [0.25, 0.3) is 0 Å². The summed E-state index contributed by atoms with van der Waals surface area (Å²) >= 11 is 0. The minimum absolute atomic E-state index is 0.107. The monoisotopic (exact) mass is 271 g/mol. The van der Waals surface area contributed by atoms with Crippen molar-refractivity contribution in [2.45, 2.75) is 32.7 Å². The third kappa shape index (κ3) is 2.01. The molecule has 104 valence electrons. The number of ether oxygens (including phenoxy) is 1. The van der Waals surface area contributed by atoms with Crippen LogP contribution in [0.2, 0.25) is 0 Å². The van der Waals surface area contributed by atoms with E-state index >= 15 is 0 Å². The van der Waals surface area contributed by atoms with Crippen LogP contribution in [0.15, 0.2) is 24.3 Å². The number of aryl methyl sites for hydroxylation is 1. The first-order valence-electron chi connectivity index (χ1n) is 7.01. The lowest BCUT2D eigenvalue weighted by Crippen LogP contribution is -2.20. The molecule has 20 heavy (non-hydrogen) atoms. The predicted molar refractivity (Wildman–Crippen MR) is 75.8 cm³/mol. The molecule has 0 aliphatic heterocycles. The Kier molecular flexibility index (Phi) is 3.30. The molecule has 4 heteroatoms. The SMILES string of the molecule is CCOC(=O)Cn1c2c(c3ccccc31)CCCC2=O. The zero-order chi connectivity index (χ0) is 14.1. The molecule has 2 aromatic rings. The van der Waals surface area contributed by atoms with Crippen molar-refractivity contribution in [3.05, 3.63) is 35.5 Å². The summed E-state index contributed by atoms with van der Waals surface area (Å²) in [6, 6.07) is 7.88. The normalized spacial score (nSPS) is 14.3. The highest BCUT2D eigenvalue weighted by Crippen LogP contribution is 2.32. The Hall–Kier alpha value is -2.10. The molecule has 0 saturated heterocycles. The average molecular weight is 271 g/mol. The highest BCUT2D eigenvalue weighted by atomic mass is 16.5. The minimum atomic E-state index is -0.297. The Morgan fingerprint density at radius 2 is 2.10 bits per heavy atom. The van der Waals surface area contributed by atoms with Gasteiger partial charge in [0.05, 0.1) is 12.3 Å². The van der Waals surface area contributed by atoms with E-state index in [1.165, 1.54) is 0 Å². The van der Waals surface area contributed by atoms with Crippen LogP contribution >= 0.6 is 0 Å². The number of carbonyl (C=O) groups excluding carboxylic acids is 2. The first kappa shape index (κ1) is 12.9. The van der Waals surface area contributed by atoms with Gasteiger partial charge < -0.3 is 9.30 Å². The van der Waals surface area contributed by atoms with Gasteiger partial charge in [-0.2, -0.15) is 0 Å². The average Bonchev–Trinajstić information content (AvgIpc) is 2.76. The first-order chi connectivity index (χ1) is 9.72. The van der Waals surface area contributed by atoms with Crippen LogP contribution in [-0.4, -0.2) is 22.9 Å². The summed E-state index contributed by atoms with van der Waals surface area (Å²) in [7, 11) is 0. The zero-order valence-electron chi connectivity index (χ0n) is 11.5. The van der Waals surface area contributed by atoms with E-state index in [0.717, 1.165) is 29.3 Å². The fourth-order valence-electron chi connectivity index (χ4n) is 2.99. The molecule has 1 aromatic carbocycles. The molecule has 0 unspecified atom stereocenters. The molecule has 1 heterocycles. The second kappa shape index (κ2) is 5.12. The molecule has 4 nitrogen and oxygen atoms in total. The molecule has 0 spiro atoms. The number of aromatic nitrogens is 1. The standard InChI is InChI=1S/C16H17NO3/c1-2-20-15(19)10-17-13-8-4-3-6-11(13)12-7-5-9-14(18)16(12)17/h3-4,6,8H,2,5,7,9-10H2,1H3. The lowest BCUT2D eigenvalue weighted by Gasteiger charge is -2.14. The van der Waals surface area contributed by atoms with Crippen LogP contribution < -0.4 is 0 Å². The zero-order valence-corrected chi connectivity index (χ0v) is 11.5. The van der Waals surface area contributed by atoms with Gasteiger partial charge in [0.2, 0.25) is 0 Å². The highest BCUT2D eigenvalue weighted by molar-refractivity contribution is 6.04. The van der Waals surface area contributed by atoms with E-state index in [0.29, 0.717) is 18.7 Å². The molecule has 3 rings (SSSR count). The van der Waals surface area contributed by atoms with Crippen LogP contribution in [0, 0.1) is 0 Å². The number of carbonyl (C=O) groups is 2. The van der Waals surface area contributed by atoms with E-state index in [4.69, 9.17) is 4.74 Å². The fraction of sp³-hybridized carbons (Fsp3) is 0.375. The van der Waals surface area contributed by atoms with Gasteiger partial charge in [0.1, 0.15) is 6.54 Å². The maximum absolute atomic E-state index is 12.2. The lowest BCUT2D eigenvalue weighted by atomic mass is 9.94. The van der Waals surface area contributed by atoms with Crippen LogP contribution in [0.1, 0.15) is 35.8 Å². The number of hydrogen-bond acceptors (Lipinski definition) is 3. The van der Waals surface area contributed by atoms with Gasteiger partial charge in [-0.25, -0.2) is 0 Å². The number of hydrogen-bond donors (Lipinski definition) is 0. The number of Topliss-reactive ketones (excluding diaryl/α,β-unsaturated/α-hetero) is 1. The van der Waals surface area contributed by atoms with Crippen molar-refractivity contribution in [2.75, 3.05) is 6.61 Å².